The molecule has 1 unspecified atom stereocenters. The SMILES string of the molecule is CC(C)C(C(=O)NO)N(CC(=O)N1CCOCC1)S(=O)(=O)c1ccc(NC(=O)c2cncs2)cc1. The molecular formula is C21H27N5O7S2. The van der Waals surface area contributed by atoms with Crippen LogP contribution < -0.4 is 10.8 Å². The molecule has 1 aliphatic rings. The highest BCUT2D eigenvalue weighted by Crippen LogP contribution is 2.24. The highest BCUT2D eigenvalue weighted by Gasteiger charge is 2.40. The molecule has 1 aromatic heterocycles. The van der Waals surface area contributed by atoms with Crippen molar-refractivity contribution in [2.24, 2.45) is 5.92 Å². The maximum atomic E-state index is 13.6. The minimum absolute atomic E-state index is 0.181. The molecule has 3 N–H and O–H groups in total. The van der Waals surface area contributed by atoms with Gasteiger partial charge < -0.3 is 15.0 Å². The maximum absolute atomic E-state index is 13.6. The topological polar surface area (TPSA) is 158 Å². The summed E-state index contributed by atoms with van der Waals surface area (Å²) in [4.78, 5) is 43.1. The van der Waals surface area contributed by atoms with Crippen LogP contribution in [-0.4, -0.2) is 84.4 Å². The summed E-state index contributed by atoms with van der Waals surface area (Å²) < 4.78 is 33.3. The highest BCUT2D eigenvalue weighted by atomic mass is 32.2. The number of sulfonamides is 1. The normalized spacial score (nSPS) is 15.2. The summed E-state index contributed by atoms with van der Waals surface area (Å²) in [5.74, 6) is -2.39. The van der Waals surface area contributed by atoms with E-state index in [4.69, 9.17) is 4.74 Å². The van der Waals surface area contributed by atoms with Gasteiger partial charge in [-0.2, -0.15) is 4.31 Å². The summed E-state index contributed by atoms with van der Waals surface area (Å²) in [5, 5.41) is 11.9. The molecule has 2 heterocycles. The number of ether oxygens (including phenoxy) is 1. The van der Waals surface area contributed by atoms with E-state index in [1.54, 1.807) is 13.8 Å². The van der Waals surface area contributed by atoms with E-state index in [0.29, 0.717) is 36.9 Å². The number of carbonyl (C=O) groups excluding carboxylic acids is 3. The molecule has 1 atom stereocenters. The lowest BCUT2D eigenvalue weighted by atomic mass is 10.0. The van der Waals surface area contributed by atoms with Crippen LogP contribution in [0.3, 0.4) is 0 Å². The number of rotatable bonds is 9. The molecule has 3 amide bonds. The average Bonchev–Trinajstić information content (AvgIpc) is 3.39. The fraction of sp³-hybridized carbons (Fsp3) is 0.429. The molecule has 1 saturated heterocycles. The Morgan fingerprint density at radius 3 is 2.40 bits per heavy atom. The van der Waals surface area contributed by atoms with Crippen LogP contribution in [0.15, 0.2) is 40.9 Å². The average molecular weight is 526 g/mol. The Kier molecular flexibility index (Phi) is 8.91. The van der Waals surface area contributed by atoms with E-state index in [1.165, 1.54) is 46.4 Å². The number of nitrogens with one attached hydrogen (secondary N) is 2. The van der Waals surface area contributed by atoms with Crippen molar-refractivity contribution in [1.29, 1.82) is 0 Å². The van der Waals surface area contributed by atoms with E-state index in [-0.39, 0.29) is 10.8 Å². The van der Waals surface area contributed by atoms with E-state index in [1.807, 2.05) is 0 Å². The van der Waals surface area contributed by atoms with Gasteiger partial charge in [-0.15, -0.1) is 11.3 Å². The van der Waals surface area contributed by atoms with Crippen molar-refractivity contribution in [2.45, 2.75) is 24.8 Å². The number of hydrogen-bond donors (Lipinski definition) is 3. The van der Waals surface area contributed by atoms with Gasteiger partial charge in [-0.1, -0.05) is 13.8 Å². The summed E-state index contributed by atoms with van der Waals surface area (Å²) in [6, 6.07) is 4.02. The van der Waals surface area contributed by atoms with E-state index >= 15 is 0 Å². The van der Waals surface area contributed by atoms with Gasteiger partial charge in [0.1, 0.15) is 10.9 Å². The van der Waals surface area contributed by atoms with E-state index in [2.05, 4.69) is 10.3 Å². The first-order valence-corrected chi connectivity index (χ1v) is 13.1. The van der Waals surface area contributed by atoms with Crippen LogP contribution >= 0.6 is 11.3 Å². The van der Waals surface area contributed by atoms with E-state index < -0.39 is 40.3 Å². The predicted octanol–water partition coefficient (Wildman–Crippen LogP) is 0.775. The molecule has 3 rings (SSSR count). The number of anilines is 1. The first kappa shape index (κ1) is 26.7. The Labute approximate surface area is 206 Å². The third-order valence-electron chi connectivity index (χ3n) is 5.35. The van der Waals surface area contributed by atoms with Crippen LogP contribution in [0.25, 0.3) is 0 Å². The minimum atomic E-state index is -4.36. The Hall–Kier alpha value is -2.91. The Balaban J connectivity index is 1.89. The number of nitrogens with zero attached hydrogens (tertiary/aromatic N) is 3. The van der Waals surface area contributed by atoms with Gasteiger partial charge >= 0.3 is 0 Å². The van der Waals surface area contributed by atoms with E-state index in [9.17, 15) is 28.0 Å². The molecule has 0 saturated carbocycles. The predicted molar refractivity (Wildman–Crippen MR) is 126 cm³/mol. The van der Waals surface area contributed by atoms with Crippen LogP contribution in [-0.2, 0) is 24.3 Å². The molecule has 190 valence electrons. The summed E-state index contributed by atoms with van der Waals surface area (Å²) in [6.07, 6.45) is 1.42. The molecule has 1 aromatic carbocycles. The lowest BCUT2D eigenvalue weighted by Gasteiger charge is -2.34. The monoisotopic (exact) mass is 525 g/mol. The zero-order valence-corrected chi connectivity index (χ0v) is 20.8. The molecule has 0 bridgehead atoms. The van der Waals surface area contributed by atoms with Crippen LogP contribution in [0, 0.1) is 5.92 Å². The second-order valence-corrected chi connectivity index (χ2v) is 10.8. The first-order valence-electron chi connectivity index (χ1n) is 10.8. The van der Waals surface area contributed by atoms with Gasteiger partial charge in [0.2, 0.25) is 15.9 Å². The quantitative estimate of drug-likeness (QED) is 0.320. The molecule has 1 fully saturated rings. The van der Waals surface area contributed by atoms with Crippen molar-refractivity contribution in [3.8, 4) is 0 Å². The molecule has 2 aromatic rings. The molecule has 1 aliphatic heterocycles. The van der Waals surface area contributed by atoms with Crippen molar-refractivity contribution in [2.75, 3.05) is 38.2 Å². The number of morpholine rings is 1. The fourth-order valence-electron chi connectivity index (χ4n) is 3.58. The third kappa shape index (κ3) is 6.41. The summed E-state index contributed by atoms with van der Waals surface area (Å²) in [6.45, 7) is 3.90. The van der Waals surface area contributed by atoms with Gasteiger partial charge in [0.15, 0.2) is 0 Å². The standard InChI is InChI=1S/C21H27N5O7S2/c1-14(2)19(21(29)24-30)26(12-18(27)25-7-9-33-10-8-25)35(31,32)16-5-3-15(4-6-16)23-20(28)17-11-22-13-34-17/h3-6,11,13-14,19,30H,7-10,12H2,1-2H3,(H,23,28)(H,24,29). The highest BCUT2D eigenvalue weighted by molar-refractivity contribution is 7.89. The lowest BCUT2D eigenvalue weighted by Crippen LogP contribution is -2.55. The summed E-state index contributed by atoms with van der Waals surface area (Å²) in [5.41, 5.74) is 3.38. The number of hydroxylamine groups is 1. The van der Waals surface area contributed by atoms with Crippen LogP contribution in [0.2, 0.25) is 0 Å². The van der Waals surface area contributed by atoms with Gasteiger partial charge in [0.25, 0.3) is 11.8 Å². The Morgan fingerprint density at radius 2 is 1.86 bits per heavy atom. The maximum Gasteiger partial charge on any atom is 0.267 e. The van der Waals surface area contributed by atoms with Gasteiger partial charge in [-0.3, -0.25) is 24.6 Å². The van der Waals surface area contributed by atoms with Crippen LogP contribution in [0.4, 0.5) is 5.69 Å². The number of carbonyl (C=O) groups is 3. The summed E-state index contributed by atoms with van der Waals surface area (Å²) >= 11 is 1.16. The number of hydrogen-bond acceptors (Lipinski definition) is 9. The van der Waals surface area contributed by atoms with Crippen molar-refractivity contribution < 1.29 is 32.7 Å². The van der Waals surface area contributed by atoms with Crippen molar-refractivity contribution >= 4 is 44.8 Å². The molecule has 14 heteroatoms. The van der Waals surface area contributed by atoms with Gasteiger partial charge in [-0.05, 0) is 30.2 Å². The lowest BCUT2D eigenvalue weighted by molar-refractivity contribution is -0.139. The molecule has 35 heavy (non-hydrogen) atoms. The largest absolute Gasteiger partial charge is 0.378 e. The molecule has 0 spiro atoms. The molecule has 0 radical (unpaired) electrons. The van der Waals surface area contributed by atoms with Crippen molar-refractivity contribution in [1.82, 2.24) is 19.7 Å². The minimum Gasteiger partial charge on any atom is -0.378 e. The van der Waals surface area contributed by atoms with Gasteiger partial charge in [0.05, 0.1) is 36.4 Å². The number of thiazole rings is 1. The number of aromatic nitrogens is 1. The molecule has 0 aliphatic carbocycles. The molecular weight excluding hydrogens is 498 g/mol. The number of amides is 3. The fourth-order valence-corrected chi connectivity index (χ4v) is 5.76. The third-order valence-corrected chi connectivity index (χ3v) is 7.96. The zero-order valence-electron chi connectivity index (χ0n) is 19.2. The molecule has 12 nitrogen and oxygen atoms in total. The number of benzene rings is 1. The van der Waals surface area contributed by atoms with E-state index in [0.717, 1.165) is 15.6 Å². The Bertz CT molecular complexity index is 1130. The first-order chi connectivity index (χ1) is 16.6. The van der Waals surface area contributed by atoms with Crippen LogP contribution in [0.1, 0.15) is 23.5 Å². The van der Waals surface area contributed by atoms with Crippen molar-refractivity contribution in [3.63, 3.8) is 0 Å². The van der Waals surface area contributed by atoms with Gasteiger partial charge in [-0.25, -0.2) is 13.9 Å². The van der Waals surface area contributed by atoms with Crippen molar-refractivity contribution in [3.05, 3.63) is 40.8 Å². The Morgan fingerprint density at radius 1 is 1.20 bits per heavy atom. The second-order valence-electron chi connectivity index (χ2n) is 8.05. The smallest absolute Gasteiger partial charge is 0.267 e. The summed E-state index contributed by atoms with van der Waals surface area (Å²) in [7, 11) is -4.36. The van der Waals surface area contributed by atoms with Crippen LogP contribution in [0.5, 0.6) is 0 Å². The second kappa shape index (κ2) is 11.7. The zero-order chi connectivity index (χ0) is 25.6. The van der Waals surface area contributed by atoms with Gasteiger partial charge in [0, 0.05) is 18.8 Å².